The first-order valence-corrected chi connectivity index (χ1v) is 5.92. The van der Waals surface area contributed by atoms with Crippen molar-refractivity contribution >= 4 is 16.7 Å². The van der Waals surface area contributed by atoms with Gasteiger partial charge in [-0.05, 0) is 6.92 Å². The summed E-state index contributed by atoms with van der Waals surface area (Å²) in [5.74, 6) is 1.10. The minimum atomic E-state index is -0.802. The van der Waals surface area contributed by atoms with Gasteiger partial charge in [0.25, 0.3) is 0 Å². The Morgan fingerprint density at radius 1 is 1.62 bits per heavy atom. The Kier molecular flexibility index (Phi) is 6.80. The minimum absolute atomic E-state index is 0.0666. The summed E-state index contributed by atoms with van der Waals surface area (Å²) in [4.78, 5) is 11.0. The molecule has 5 heteroatoms. The van der Waals surface area contributed by atoms with Crippen molar-refractivity contribution in [2.75, 3.05) is 18.1 Å². The largest absolute Gasteiger partial charge is 0.355 e. The van der Waals surface area contributed by atoms with E-state index in [2.05, 4.69) is 5.32 Å². The predicted octanol–water partition coefficient (Wildman–Crippen LogP) is -0.391. The molecule has 0 saturated carbocycles. The maximum absolute atomic E-state index is 11.0. The van der Waals surface area contributed by atoms with Gasteiger partial charge in [0.1, 0.15) is 0 Å². The summed E-state index contributed by atoms with van der Waals surface area (Å²) in [7, 11) is -0.802. The van der Waals surface area contributed by atoms with Crippen LogP contribution in [0.3, 0.4) is 0 Å². The van der Waals surface area contributed by atoms with E-state index in [1.807, 2.05) is 6.92 Å². The van der Waals surface area contributed by atoms with Crippen molar-refractivity contribution in [3.63, 3.8) is 0 Å². The van der Waals surface area contributed by atoms with Gasteiger partial charge in [-0.1, -0.05) is 6.92 Å². The number of hydrogen-bond acceptors (Lipinski definition) is 3. The molecule has 0 aliphatic carbocycles. The average Bonchev–Trinajstić information content (AvgIpc) is 2.02. The second kappa shape index (κ2) is 7.03. The van der Waals surface area contributed by atoms with Crippen molar-refractivity contribution in [1.82, 2.24) is 5.32 Å². The average molecular weight is 206 g/mol. The van der Waals surface area contributed by atoms with E-state index in [0.29, 0.717) is 24.5 Å². The number of carbonyl (C=O) groups is 1. The van der Waals surface area contributed by atoms with Gasteiger partial charge in [-0.3, -0.25) is 9.00 Å². The van der Waals surface area contributed by atoms with Crippen LogP contribution in [-0.4, -0.2) is 34.2 Å². The first kappa shape index (κ1) is 12.6. The Labute approximate surface area is 81.7 Å². The number of nitrogens with two attached hydrogens (primary N) is 1. The Morgan fingerprint density at radius 3 is 2.69 bits per heavy atom. The Hall–Kier alpha value is -0.420. The van der Waals surface area contributed by atoms with Crippen LogP contribution in [0.25, 0.3) is 0 Å². The standard InChI is InChI=1S/C8H18N2O2S/c1-3-13(12)5-4-10-8(11)6-7(2)9/h7H,3-6,9H2,1-2H3,(H,10,11). The highest BCUT2D eigenvalue weighted by atomic mass is 32.2. The molecule has 0 aromatic rings. The van der Waals surface area contributed by atoms with E-state index in [1.54, 1.807) is 6.92 Å². The Balaban J connectivity index is 3.42. The van der Waals surface area contributed by atoms with Gasteiger partial charge in [0.2, 0.25) is 5.91 Å². The highest BCUT2D eigenvalue weighted by molar-refractivity contribution is 7.84. The molecule has 3 N–H and O–H groups in total. The Bertz CT molecular complexity index is 183. The van der Waals surface area contributed by atoms with Crippen LogP contribution in [0.2, 0.25) is 0 Å². The van der Waals surface area contributed by atoms with E-state index in [0.717, 1.165) is 0 Å². The molecule has 0 saturated heterocycles. The number of carbonyl (C=O) groups excluding carboxylic acids is 1. The van der Waals surface area contributed by atoms with Crippen LogP contribution in [-0.2, 0) is 15.6 Å². The molecule has 2 unspecified atom stereocenters. The fraction of sp³-hybridized carbons (Fsp3) is 0.875. The third-order valence-corrected chi connectivity index (χ3v) is 2.78. The van der Waals surface area contributed by atoms with E-state index in [4.69, 9.17) is 5.73 Å². The lowest BCUT2D eigenvalue weighted by atomic mass is 10.2. The van der Waals surface area contributed by atoms with Gasteiger partial charge in [0, 0.05) is 41.3 Å². The summed E-state index contributed by atoms with van der Waals surface area (Å²) in [6, 6.07) is -0.114. The normalized spacial score (nSPS) is 15.0. The third kappa shape index (κ3) is 7.93. The zero-order valence-electron chi connectivity index (χ0n) is 8.21. The topological polar surface area (TPSA) is 72.2 Å². The maximum atomic E-state index is 11.0. The van der Waals surface area contributed by atoms with Gasteiger partial charge < -0.3 is 11.1 Å². The summed E-state index contributed by atoms with van der Waals surface area (Å²) in [5.41, 5.74) is 5.43. The zero-order valence-corrected chi connectivity index (χ0v) is 9.02. The number of rotatable bonds is 6. The van der Waals surface area contributed by atoms with Crippen molar-refractivity contribution in [2.24, 2.45) is 5.73 Å². The minimum Gasteiger partial charge on any atom is -0.355 e. The van der Waals surface area contributed by atoms with Crippen molar-refractivity contribution in [1.29, 1.82) is 0 Å². The van der Waals surface area contributed by atoms with Crippen LogP contribution in [0.15, 0.2) is 0 Å². The molecule has 0 aliphatic heterocycles. The molecule has 0 spiro atoms. The van der Waals surface area contributed by atoms with E-state index in [9.17, 15) is 9.00 Å². The van der Waals surface area contributed by atoms with Crippen LogP contribution in [0.5, 0.6) is 0 Å². The first-order valence-electron chi connectivity index (χ1n) is 4.43. The predicted molar refractivity (Wildman–Crippen MR) is 54.8 cm³/mol. The molecule has 78 valence electrons. The van der Waals surface area contributed by atoms with Gasteiger partial charge in [0.15, 0.2) is 0 Å². The second-order valence-electron chi connectivity index (χ2n) is 2.96. The van der Waals surface area contributed by atoms with E-state index in [-0.39, 0.29) is 11.9 Å². The molecule has 0 aromatic carbocycles. The molecule has 0 bridgehead atoms. The van der Waals surface area contributed by atoms with Crippen molar-refractivity contribution in [3.8, 4) is 0 Å². The van der Waals surface area contributed by atoms with E-state index < -0.39 is 10.8 Å². The highest BCUT2D eigenvalue weighted by Crippen LogP contribution is 1.85. The van der Waals surface area contributed by atoms with E-state index >= 15 is 0 Å². The molecule has 0 aromatic heterocycles. The molecule has 0 aliphatic rings. The molecule has 13 heavy (non-hydrogen) atoms. The molecule has 0 heterocycles. The van der Waals surface area contributed by atoms with Crippen molar-refractivity contribution < 1.29 is 9.00 Å². The molecule has 0 radical (unpaired) electrons. The molecule has 1 amide bonds. The van der Waals surface area contributed by atoms with Gasteiger partial charge in [-0.2, -0.15) is 0 Å². The maximum Gasteiger partial charge on any atom is 0.221 e. The quantitative estimate of drug-likeness (QED) is 0.621. The van der Waals surface area contributed by atoms with Gasteiger partial charge in [-0.15, -0.1) is 0 Å². The molecule has 0 rings (SSSR count). The molecule has 0 fully saturated rings. The number of amides is 1. The number of nitrogens with one attached hydrogen (secondary N) is 1. The van der Waals surface area contributed by atoms with E-state index in [1.165, 1.54) is 0 Å². The lowest BCUT2D eigenvalue weighted by molar-refractivity contribution is -0.121. The fourth-order valence-electron chi connectivity index (χ4n) is 0.813. The van der Waals surface area contributed by atoms with Crippen LogP contribution >= 0.6 is 0 Å². The van der Waals surface area contributed by atoms with Gasteiger partial charge >= 0.3 is 0 Å². The van der Waals surface area contributed by atoms with Gasteiger partial charge in [0.05, 0.1) is 0 Å². The van der Waals surface area contributed by atoms with Crippen LogP contribution in [0, 0.1) is 0 Å². The fourth-order valence-corrected chi connectivity index (χ4v) is 1.43. The molecule has 2 atom stereocenters. The van der Waals surface area contributed by atoms with Crippen LogP contribution in [0.4, 0.5) is 0 Å². The van der Waals surface area contributed by atoms with Crippen LogP contribution < -0.4 is 11.1 Å². The highest BCUT2D eigenvalue weighted by Gasteiger charge is 2.04. The van der Waals surface area contributed by atoms with Crippen LogP contribution in [0.1, 0.15) is 20.3 Å². The monoisotopic (exact) mass is 206 g/mol. The summed E-state index contributed by atoms with van der Waals surface area (Å²) in [6.07, 6.45) is 0.332. The lowest BCUT2D eigenvalue weighted by Crippen LogP contribution is -2.32. The van der Waals surface area contributed by atoms with Crippen molar-refractivity contribution in [2.45, 2.75) is 26.3 Å². The molecule has 4 nitrogen and oxygen atoms in total. The summed E-state index contributed by atoms with van der Waals surface area (Å²) >= 11 is 0. The molecular formula is C8H18N2O2S. The summed E-state index contributed by atoms with van der Waals surface area (Å²) < 4.78 is 11.0. The summed E-state index contributed by atoms with van der Waals surface area (Å²) in [6.45, 7) is 4.12. The third-order valence-electron chi connectivity index (χ3n) is 1.48. The lowest BCUT2D eigenvalue weighted by Gasteiger charge is -2.06. The SMILES string of the molecule is CCS(=O)CCNC(=O)CC(C)N. The number of hydrogen-bond donors (Lipinski definition) is 2. The smallest absolute Gasteiger partial charge is 0.221 e. The zero-order chi connectivity index (χ0) is 10.3. The molecular weight excluding hydrogens is 188 g/mol. The van der Waals surface area contributed by atoms with Gasteiger partial charge in [-0.25, -0.2) is 0 Å². The Morgan fingerprint density at radius 2 is 2.23 bits per heavy atom. The summed E-state index contributed by atoms with van der Waals surface area (Å²) in [5, 5.41) is 2.67. The first-order chi connectivity index (χ1) is 6.06. The van der Waals surface area contributed by atoms with Crippen molar-refractivity contribution in [3.05, 3.63) is 0 Å². The second-order valence-corrected chi connectivity index (χ2v) is 4.83.